The Balaban J connectivity index is 0.00000441. The minimum absolute atomic E-state index is 0. The van der Waals surface area contributed by atoms with E-state index < -0.39 is 12.0 Å². The second-order valence-corrected chi connectivity index (χ2v) is 4.74. The van der Waals surface area contributed by atoms with Gasteiger partial charge in [-0.25, -0.2) is 0 Å². The Morgan fingerprint density at radius 1 is 1.14 bits per heavy atom. The predicted molar refractivity (Wildman–Crippen MR) is 86.4 cm³/mol. The van der Waals surface area contributed by atoms with Crippen molar-refractivity contribution in [2.45, 2.75) is 19.9 Å². The van der Waals surface area contributed by atoms with E-state index in [0.29, 0.717) is 11.4 Å². The number of carbonyl (C=O) groups is 3. The molecule has 0 saturated heterocycles. The summed E-state index contributed by atoms with van der Waals surface area (Å²) in [5.41, 5.74) is 1.21. The molecule has 0 aliphatic carbocycles. The summed E-state index contributed by atoms with van der Waals surface area (Å²) in [5.74, 6) is -1.46. The number of carboxylic acid groups (broad SMARTS) is 1. The first-order valence-electron chi connectivity index (χ1n) is 6.40. The molecule has 2 amide bonds. The van der Waals surface area contributed by atoms with Crippen molar-refractivity contribution in [1.82, 2.24) is 4.90 Å². The number of halogens is 1. The summed E-state index contributed by atoms with van der Waals surface area (Å²) in [4.78, 5) is 34.9. The van der Waals surface area contributed by atoms with Gasteiger partial charge in [0.2, 0.25) is 11.8 Å². The van der Waals surface area contributed by atoms with Gasteiger partial charge in [0.05, 0.1) is 6.54 Å². The Kier molecular flexibility index (Phi) is 8.14. The lowest BCUT2D eigenvalue weighted by Gasteiger charge is -2.20. The zero-order valence-corrected chi connectivity index (χ0v) is 13.4. The first-order valence-corrected chi connectivity index (χ1v) is 6.40. The molecule has 0 radical (unpaired) electrons. The van der Waals surface area contributed by atoms with Crippen LogP contribution in [0.25, 0.3) is 0 Å². The highest BCUT2D eigenvalue weighted by atomic mass is 35.5. The molecule has 122 valence electrons. The molecule has 22 heavy (non-hydrogen) atoms. The number of hydrogen-bond donors (Lipinski definition) is 3. The van der Waals surface area contributed by atoms with Crippen molar-refractivity contribution in [3.05, 3.63) is 24.3 Å². The van der Waals surface area contributed by atoms with E-state index >= 15 is 0 Å². The van der Waals surface area contributed by atoms with Crippen LogP contribution in [0.15, 0.2) is 24.3 Å². The van der Waals surface area contributed by atoms with Crippen molar-refractivity contribution in [2.24, 2.45) is 0 Å². The molecule has 0 bridgehead atoms. The summed E-state index contributed by atoms with van der Waals surface area (Å²) in [7, 11) is 1.57. The van der Waals surface area contributed by atoms with E-state index in [9.17, 15) is 14.4 Å². The number of amides is 2. The third kappa shape index (κ3) is 6.55. The van der Waals surface area contributed by atoms with Gasteiger partial charge in [-0.15, -0.1) is 12.4 Å². The molecule has 3 N–H and O–H groups in total. The van der Waals surface area contributed by atoms with Crippen LogP contribution in [0.5, 0.6) is 0 Å². The Hall–Kier alpha value is -2.12. The summed E-state index contributed by atoms with van der Waals surface area (Å²) in [5, 5.41) is 14.1. The van der Waals surface area contributed by atoms with Gasteiger partial charge in [0, 0.05) is 18.3 Å². The molecule has 0 saturated carbocycles. The van der Waals surface area contributed by atoms with Gasteiger partial charge in [-0.1, -0.05) is 0 Å². The number of nitrogens with one attached hydrogen (secondary N) is 2. The van der Waals surface area contributed by atoms with Crippen molar-refractivity contribution < 1.29 is 19.5 Å². The van der Waals surface area contributed by atoms with Gasteiger partial charge in [0.15, 0.2) is 0 Å². The standard InChI is InChI=1S/C14H19N3O4.ClH/c1-9(14(20)21)17(3)8-13(19)16-12-6-4-11(5-7-12)15-10(2)18;/h4-7,9H,8H2,1-3H3,(H,15,18)(H,16,19)(H,20,21);1H. The van der Waals surface area contributed by atoms with Crippen LogP contribution in [0.3, 0.4) is 0 Å². The number of carbonyl (C=O) groups excluding carboxylic acids is 2. The van der Waals surface area contributed by atoms with E-state index in [-0.39, 0.29) is 30.8 Å². The van der Waals surface area contributed by atoms with Crippen LogP contribution >= 0.6 is 12.4 Å². The molecular weight excluding hydrogens is 310 g/mol. The minimum atomic E-state index is -0.982. The molecule has 0 aromatic heterocycles. The predicted octanol–water partition coefficient (Wildman–Crippen LogP) is 1.41. The monoisotopic (exact) mass is 329 g/mol. The first kappa shape index (κ1) is 19.9. The summed E-state index contributed by atoms with van der Waals surface area (Å²) in [6, 6.07) is 5.91. The molecule has 8 heteroatoms. The van der Waals surface area contributed by atoms with Gasteiger partial charge in [-0.2, -0.15) is 0 Å². The van der Waals surface area contributed by atoms with Crippen LogP contribution in [0.2, 0.25) is 0 Å². The molecule has 1 unspecified atom stereocenters. The minimum Gasteiger partial charge on any atom is -0.480 e. The van der Waals surface area contributed by atoms with Gasteiger partial charge in [0.1, 0.15) is 6.04 Å². The second kappa shape index (κ2) is 9.01. The molecule has 0 aliphatic rings. The molecular formula is C14H20ClN3O4. The summed E-state index contributed by atoms with van der Waals surface area (Å²) in [6.45, 7) is 2.90. The number of aliphatic carboxylic acids is 1. The van der Waals surface area contributed by atoms with Crippen LogP contribution in [0.1, 0.15) is 13.8 Å². The lowest BCUT2D eigenvalue weighted by molar-refractivity contribution is -0.142. The molecule has 1 rings (SSSR count). The Bertz CT molecular complexity index is 533. The van der Waals surface area contributed by atoms with E-state index in [4.69, 9.17) is 5.11 Å². The number of carboxylic acids is 1. The van der Waals surface area contributed by atoms with Crippen molar-refractivity contribution in [1.29, 1.82) is 0 Å². The largest absolute Gasteiger partial charge is 0.480 e. The Labute approximate surface area is 135 Å². The number of rotatable bonds is 6. The van der Waals surface area contributed by atoms with Crippen molar-refractivity contribution >= 4 is 41.6 Å². The number of nitrogens with zero attached hydrogens (tertiary/aromatic N) is 1. The molecule has 0 spiro atoms. The van der Waals surface area contributed by atoms with Gasteiger partial charge in [-0.3, -0.25) is 19.3 Å². The molecule has 0 aliphatic heterocycles. The fourth-order valence-electron chi connectivity index (χ4n) is 1.59. The average molecular weight is 330 g/mol. The maximum Gasteiger partial charge on any atom is 0.320 e. The maximum atomic E-state index is 11.8. The highest BCUT2D eigenvalue weighted by molar-refractivity contribution is 5.93. The Morgan fingerprint density at radius 3 is 2.00 bits per heavy atom. The Morgan fingerprint density at radius 2 is 1.59 bits per heavy atom. The van der Waals surface area contributed by atoms with Crippen LogP contribution in [-0.2, 0) is 14.4 Å². The molecule has 7 nitrogen and oxygen atoms in total. The van der Waals surface area contributed by atoms with E-state index in [1.165, 1.54) is 18.7 Å². The van der Waals surface area contributed by atoms with Crippen molar-refractivity contribution in [3.8, 4) is 0 Å². The van der Waals surface area contributed by atoms with Crippen LogP contribution in [-0.4, -0.2) is 47.4 Å². The molecule has 0 heterocycles. The smallest absolute Gasteiger partial charge is 0.320 e. The molecule has 1 aromatic carbocycles. The van der Waals surface area contributed by atoms with Gasteiger partial charge < -0.3 is 15.7 Å². The third-order valence-electron chi connectivity index (χ3n) is 2.90. The van der Waals surface area contributed by atoms with Gasteiger partial charge in [0.25, 0.3) is 0 Å². The topological polar surface area (TPSA) is 98.7 Å². The summed E-state index contributed by atoms with van der Waals surface area (Å²) in [6.07, 6.45) is 0. The van der Waals surface area contributed by atoms with E-state index in [1.54, 1.807) is 31.3 Å². The lowest BCUT2D eigenvalue weighted by atomic mass is 10.2. The third-order valence-corrected chi connectivity index (χ3v) is 2.90. The lowest BCUT2D eigenvalue weighted by Crippen LogP contribution is -2.40. The molecule has 1 atom stereocenters. The van der Waals surface area contributed by atoms with E-state index in [0.717, 1.165) is 0 Å². The maximum absolute atomic E-state index is 11.8. The summed E-state index contributed by atoms with van der Waals surface area (Å²) < 4.78 is 0. The van der Waals surface area contributed by atoms with Crippen LogP contribution in [0.4, 0.5) is 11.4 Å². The van der Waals surface area contributed by atoms with E-state index in [1.807, 2.05) is 0 Å². The fourth-order valence-corrected chi connectivity index (χ4v) is 1.59. The van der Waals surface area contributed by atoms with Gasteiger partial charge in [-0.05, 0) is 38.2 Å². The SMILES string of the molecule is CC(=O)Nc1ccc(NC(=O)CN(C)C(C)C(=O)O)cc1.Cl. The zero-order valence-electron chi connectivity index (χ0n) is 12.6. The zero-order chi connectivity index (χ0) is 16.0. The second-order valence-electron chi connectivity index (χ2n) is 4.74. The molecule has 1 aromatic rings. The number of likely N-dealkylation sites (N-methyl/N-ethyl adjacent to an activating group) is 1. The van der Waals surface area contributed by atoms with Crippen LogP contribution < -0.4 is 10.6 Å². The number of hydrogen-bond acceptors (Lipinski definition) is 4. The van der Waals surface area contributed by atoms with Gasteiger partial charge >= 0.3 is 5.97 Å². The highest BCUT2D eigenvalue weighted by Gasteiger charge is 2.18. The van der Waals surface area contributed by atoms with Crippen molar-refractivity contribution in [3.63, 3.8) is 0 Å². The van der Waals surface area contributed by atoms with Crippen LogP contribution in [0, 0.1) is 0 Å². The first-order chi connectivity index (χ1) is 9.79. The normalized spacial score (nSPS) is 11.3. The number of benzene rings is 1. The summed E-state index contributed by atoms with van der Waals surface area (Å²) >= 11 is 0. The van der Waals surface area contributed by atoms with E-state index in [2.05, 4.69) is 10.6 Å². The fraction of sp³-hybridized carbons (Fsp3) is 0.357. The van der Waals surface area contributed by atoms with Crippen molar-refractivity contribution in [2.75, 3.05) is 24.2 Å². The highest BCUT2D eigenvalue weighted by Crippen LogP contribution is 2.13. The number of anilines is 2. The molecule has 0 fully saturated rings. The average Bonchev–Trinajstić information content (AvgIpc) is 2.39. The quantitative estimate of drug-likeness (QED) is 0.733.